The molecule has 4 saturated heterocycles. The van der Waals surface area contributed by atoms with E-state index >= 15 is 0 Å². The van der Waals surface area contributed by atoms with Crippen molar-refractivity contribution in [2.45, 2.75) is 87.5 Å². The van der Waals surface area contributed by atoms with E-state index in [4.69, 9.17) is 19.2 Å². The van der Waals surface area contributed by atoms with Gasteiger partial charge >= 0.3 is 6.09 Å². The highest BCUT2D eigenvalue weighted by Gasteiger charge is 2.53. The number of hydrogen-bond donors (Lipinski definition) is 3. The molecule has 3 aromatic rings. The Balaban J connectivity index is 0.996. The molecule has 5 heterocycles. The van der Waals surface area contributed by atoms with Gasteiger partial charge in [0.25, 0.3) is 0 Å². The number of nitrogens with one attached hydrogen (secondary N) is 2. The summed E-state index contributed by atoms with van der Waals surface area (Å²) < 4.78 is 49.2. The summed E-state index contributed by atoms with van der Waals surface area (Å²) in [6, 6.07) is 14.2. The second-order valence-corrected chi connectivity index (χ2v) is 19.1. The molecule has 15 heteroatoms. The van der Waals surface area contributed by atoms with Gasteiger partial charge in [0, 0.05) is 57.1 Å². The molecule has 3 bridgehead atoms. The van der Waals surface area contributed by atoms with Gasteiger partial charge < -0.3 is 39.8 Å². The number of fused-ring (bicyclic) bond motifs is 3. The quantitative estimate of drug-likeness (QED) is 0.194. The van der Waals surface area contributed by atoms with Gasteiger partial charge in [-0.1, -0.05) is 41.7 Å². The molecule has 5 aliphatic rings. The molecule has 8 rings (SSSR count). The van der Waals surface area contributed by atoms with E-state index in [0.29, 0.717) is 18.6 Å². The molecule has 13 nitrogen and oxygen atoms in total. The number of nitrogens with zero attached hydrogens (tertiary/aromatic N) is 4. The number of sulfonamides is 1. The minimum absolute atomic E-state index is 0.0573. The topological polar surface area (TPSA) is 146 Å². The van der Waals surface area contributed by atoms with Gasteiger partial charge in [0.2, 0.25) is 10.0 Å². The van der Waals surface area contributed by atoms with Crippen LogP contribution in [0, 0.1) is 17.8 Å². The number of rotatable bonds is 16. The van der Waals surface area contributed by atoms with Gasteiger partial charge in [-0.25, -0.2) is 18.2 Å². The lowest BCUT2D eigenvalue weighted by Crippen LogP contribution is -2.57. The molecule has 4 aliphatic heterocycles. The fraction of sp³-hybridized carbons (Fsp3) is 0.641. The van der Waals surface area contributed by atoms with Crippen molar-refractivity contribution in [3.05, 3.63) is 54.1 Å². The van der Waals surface area contributed by atoms with Crippen molar-refractivity contribution in [2.75, 3.05) is 64.3 Å². The molecule has 0 radical (unpaired) electrons. The maximum absolute atomic E-state index is 14.6. The molecule has 0 spiro atoms. The van der Waals surface area contributed by atoms with Crippen molar-refractivity contribution in [1.29, 1.82) is 0 Å². The summed E-state index contributed by atoms with van der Waals surface area (Å²) in [6.45, 7) is 10.3. The first-order valence-electron chi connectivity index (χ1n) is 19.7. The second kappa shape index (κ2) is 16.3. The molecule has 1 aromatic heterocycles. The number of aliphatic hydroxyl groups is 1. The SMILES string of the molecule is CC(C)N1CC(CN(C[C@@H](O)C(Cc2ccccc2)NC(=O)OC2C3COC4OC2CC4C3)S(=O)(=O)c2ccc3nc(NCCN4CCCC4)sc3c2)C1. The van der Waals surface area contributed by atoms with E-state index in [2.05, 4.69) is 34.3 Å². The van der Waals surface area contributed by atoms with Gasteiger partial charge in [-0.2, -0.15) is 4.31 Å². The van der Waals surface area contributed by atoms with Crippen molar-refractivity contribution in [3.8, 4) is 0 Å². The molecule has 6 unspecified atom stereocenters. The first kappa shape index (κ1) is 38.0. The van der Waals surface area contributed by atoms with Crippen LogP contribution in [-0.2, 0) is 30.7 Å². The van der Waals surface area contributed by atoms with Gasteiger partial charge in [0.1, 0.15) is 6.10 Å². The standard InChI is InChI=1S/C39H54N6O7S2/c1-25(2)44-20-27(21-44)22-45(54(48,49)30-10-11-31-35(19-30)53-38(41-31)40-12-15-43-13-6-7-14-43)23-33(46)32(16-26-8-4-3-5-9-26)42-39(47)52-36-29-17-28-18-34(36)51-37(28)50-24-29/h3-5,8-11,19,25,27-29,32-34,36-37,46H,6-7,12-18,20-24H2,1-2H3,(H,40,41)(H,42,47)/t28?,29?,32?,33-,34?,36?,37?/m1/s1. The highest BCUT2D eigenvalue weighted by atomic mass is 32.2. The van der Waals surface area contributed by atoms with Crippen LogP contribution in [0.4, 0.5) is 9.93 Å². The molecule has 1 amide bonds. The molecular weight excluding hydrogens is 729 g/mol. The van der Waals surface area contributed by atoms with Crippen LogP contribution >= 0.6 is 11.3 Å². The average molecular weight is 783 g/mol. The molecule has 7 atom stereocenters. The fourth-order valence-corrected chi connectivity index (χ4v) is 11.4. The lowest BCUT2D eigenvalue weighted by atomic mass is 9.78. The number of amides is 1. The number of likely N-dealkylation sites (tertiary alicyclic amines) is 2. The highest BCUT2D eigenvalue weighted by molar-refractivity contribution is 7.89. The summed E-state index contributed by atoms with van der Waals surface area (Å²) in [5.74, 6) is 0.500. The van der Waals surface area contributed by atoms with Crippen LogP contribution in [0.1, 0.15) is 45.1 Å². The largest absolute Gasteiger partial charge is 0.443 e. The van der Waals surface area contributed by atoms with Gasteiger partial charge in [0.15, 0.2) is 11.4 Å². The molecule has 1 aliphatic carbocycles. The van der Waals surface area contributed by atoms with Crippen LogP contribution in [0.5, 0.6) is 0 Å². The average Bonchev–Trinajstić information content (AvgIpc) is 3.87. The normalized spacial score (nSPS) is 27.1. The molecule has 3 N–H and O–H groups in total. The molecule has 5 fully saturated rings. The Morgan fingerprint density at radius 2 is 1.91 bits per heavy atom. The summed E-state index contributed by atoms with van der Waals surface area (Å²) in [6.07, 6.45) is 1.69. The van der Waals surface area contributed by atoms with E-state index in [1.807, 2.05) is 30.3 Å². The summed E-state index contributed by atoms with van der Waals surface area (Å²) in [5, 5.41) is 19.1. The molecule has 294 valence electrons. The van der Waals surface area contributed by atoms with E-state index in [0.717, 1.165) is 73.0 Å². The van der Waals surface area contributed by atoms with Gasteiger partial charge in [-0.05, 0) is 88.7 Å². The third kappa shape index (κ3) is 8.43. The van der Waals surface area contributed by atoms with Crippen molar-refractivity contribution < 1.29 is 32.5 Å². The van der Waals surface area contributed by atoms with Crippen molar-refractivity contribution >= 4 is 42.8 Å². The van der Waals surface area contributed by atoms with Crippen molar-refractivity contribution in [3.63, 3.8) is 0 Å². The number of alkyl carbamates (subject to hydrolysis) is 1. The Hall–Kier alpha value is -2.89. The summed E-state index contributed by atoms with van der Waals surface area (Å²) in [4.78, 5) is 23.2. The van der Waals surface area contributed by atoms with Crippen LogP contribution in [0.25, 0.3) is 10.2 Å². The number of ether oxygens (including phenoxy) is 3. The summed E-state index contributed by atoms with van der Waals surface area (Å²) in [5.41, 5.74) is 1.64. The predicted molar refractivity (Wildman–Crippen MR) is 207 cm³/mol. The maximum Gasteiger partial charge on any atom is 0.407 e. The van der Waals surface area contributed by atoms with Crippen molar-refractivity contribution in [2.24, 2.45) is 17.8 Å². The van der Waals surface area contributed by atoms with E-state index < -0.39 is 34.4 Å². The Labute approximate surface area is 322 Å². The monoisotopic (exact) mass is 782 g/mol. The number of thiazole rings is 1. The third-order valence-corrected chi connectivity index (χ3v) is 14.7. The Morgan fingerprint density at radius 3 is 2.69 bits per heavy atom. The van der Waals surface area contributed by atoms with Gasteiger partial charge in [0.05, 0.1) is 40.0 Å². The van der Waals surface area contributed by atoms with Crippen LogP contribution in [-0.4, -0.2) is 134 Å². The molecular formula is C39H54N6O7S2. The number of anilines is 1. The molecule has 2 aromatic carbocycles. The zero-order chi connectivity index (χ0) is 37.4. The zero-order valence-corrected chi connectivity index (χ0v) is 32.8. The molecule has 1 saturated carbocycles. The number of aromatic nitrogens is 1. The summed E-state index contributed by atoms with van der Waals surface area (Å²) >= 11 is 1.45. The van der Waals surface area contributed by atoms with E-state index in [9.17, 15) is 18.3 Å². The second-order valence-electron chi connectivity index (χ2n) is 16.1. The zero-order valence-electron chi connectivity index (χ0n) is 31.2. The number of hydrogen-bond acceptors (Lipinski definition) is 12. The first-order chi connectivity index (χ1) is 26.1. The lowest BCUT2D eigenvalue weighted by molar-refractivity contribution is -0.153. The number of carbonyl (C=O) groups excluding carboxylic acids is 1. The number of benzene rings is 2. The molecule has 54 heavy (non-hydrogen) atoms. The minimum Gasteiger partial charge on any atom is -0.443 e. The Bertz CT molecular complexity index is 1840. The van der Waals surface area contributed by atoms with E-state index in [1.54, 1.807) is 18.2 Å². The van der Waals surface area contributed by atoms with Crippen LogP contribution in [0.15, 0.2) is 53.4 Å². The van der Waals surface area contributed by atoms with E-state index in [1.165, 1.54) is 28.5 Å². The Kier molecular flexibility index (Phi) is 11.5. The van der Waals surface area contributed by atoms with Gasteiger partial charge in [-0.3, -0.25) is 0 Å². The van der Waals surface area contributed by atoms with Crippen molar-refractivity contribution in [1.82, 2.24) is 24.4 Å². The van der Waals surface area contributed by atoms with E-state index in [-0.39, 0.29) is 48.6 Å². The van der Waals surface area contributed by atoms with Gasteiger partial charge in [-0.15, -0.1) is 0 Å². The smallest absolute Gasteiger partial charge is 0.407 e. The number of carbonyl (C=O) groups is 1. The minimum atomic E-state index is -4.05. The Morgan fingerprint density at radius 1 is 1.11 bits per heavy atom. The van der Waals surface area contributed by atoms with Crippen LogP contribution < -0.4 is 10.6 Å². The summed E-state index contributed by atoms with van der Waals surface area (Å²) in [7, 11) is -4.05. The van der Waals surface area contributed by atoms with Crippen LogP contribution in [0.3, 0.4) is 0 Å². The van der Waals surface area contributed by atoms with Crippen LogP contribution in [0.2, 0.25) is 0 Å². The maximum atomic E-state index is 14.6. The fourth-order valence-electron chi connectivity index (χ4n) is 8.84. The number of aliphatic hydroxyl groups excluding tert-OH is 1. The first-order valence-corrected chi connectivity index (χ1v) is 21.9. The lowest BCUT2D eigenvalue weighted by Gasteiger charge is -2.44. The highest BCUT2D eigenvalue weighted by Crippen LogP contribution is 2.46. The predicted octanol–water partition coefficient (Wildman–Crippen LogP) is 3.98. The third-order valence-electron chi connectivity index (χ3n) is 11.9.